The second kappa shape index (κ2) is 6.21. The van der Waals surface area contributed by atoms with Crippen LogP contribution in [-0.2, 0) is 9.53 Å². The highest BCUT2D eigenvalue weighted by atomic mass is 16.5. The first-order valence-corrected chi connectivity index (χ1v) is 5.83. The molecule has 0 aliphatic carbocycles. The van der Waals surface area contributed by atoms with Crippen LogP contribution in [-0.4, -0.2) is 35.9 Å². The molecular weight excluding hydrogens is 206 g/mol. The minimum atomic E-state index is -0.804. The highest BCUT2D eigenvalue weighted by Crippen LogP contribution is 2.18. The van der Waals surface area contributed by atoms with E-state index in [9.17, 15) is 9.90 Å². The molecule has 4 heteroatoms. The molecule has 0 rings (SSSR count). The maximum Gasteiger partial charge on any atom is 0.323 e. The van der Waals surface area contributed by atoms with Crippen LogP contribution in [0.2, 0.25) is 0 Å². The monoisotopic (exact) mass is 231 g/mol. The first kappa shape index (κ1) is 15.4. The Morgan fingerprint density at radius 2 is 1.94 bits per heavy atom. The van der Waals surface area contributed by atoms with Crippen molar-refractivity contribution in [3.8, 4) is 0 Å². The molecule has 0 aromatic rings. The van der Waals surface area contributed by atoms with Crippen molar-refractivity contribution in [2.24, 2.45) is 0 Å². The van der Waals surface area contributed by atoms with Gasteiger partial charge in [0.2, 0.25) is 0 Å². The van der Waals surface area contributed by atoms with Gasteiger partial charge >= 0.3 is 5.97 Å². The topological polar surface area (TPSA) is 58.6 Å². The van der Waals surface area contributed by atoms with Gasteiger partial charge in [0.05, 0.1) is 5.60 Å². The van der Waals surface area contributed by atoms with Gasteiger partial charge in [-0.15, -0.1) is 0 Å². The van der Waals surface area contributed by atoms with E-state index in [1.54, 1.807) is 7.05 Å². The van der Waals surface area contributed by atoms with Crippen LogP contribution >= 0.6 is 0 Å². The molecule has 0 fully saturated rings. The molecule has 0 saturated carbocycles. The van der Waals surface area contributed by atoms with Crippen molar-refractivity contribution in [2.75, 3.05) is 13.7 Å². The maximum absolute atomic E-state index is 11.2. The van der Waals surface area contributed by atoms with Crippen LogP contribution in [0.1, 0.15) is 47.0 Å². The van der Waals surface area contributed by atoms with Crippen molar-refractivity contribution in [3.63, 3.8) is 0 Å². The van der Waals surface area contributed by atoms with Crippen LogP contribution in [0.4, 0.5) is 0 Å². The zero-order valence-electron chi connectivity index (χ0n) is 11.1. The molecule has 96 valence electrons. The van der Waals surface area contributed by atoms with Crippen LogP contribution in [0.5, 0.6) is 0 Å². The molecule has 0 radical (unpaired) electrons. The zero-order chi connectivity index (χ0) is 12.8. The van der Waals surface area contributed by atoms with E-state index in [4.69, 9.17) is 4.74 Å². The number of nitrogens with one attached hydrogen (secondary N) is 1. The average Bonchev–Trinajstić information content (AvgIpc) is 2.17. The maximum atomic E-state index is 11.2. The Bertz CT molecular complexity index is 217. The molecule has 0 spiro atoms. The molecule has 0 bridgehead atoms. The van der Waals surface area contributed by atoms with E-state index in [1.165, 1.54) is 0 Å². The summed E-state index contributed by atoms with van der Waals surface area (Å²) < 4.78 is 5.57. The fourth-order valence-corrected chi connectivity index (χ4v) is 1.60. The predicted octanol–water partition coefficient (Wildman–Crippen LogP) is 2.03. The molecule has 2 N–H and O–H groups in total. The smallest absolute Gasteiger partial charge is 0.323 e. The summed E-state index contributed by atoms with van der Waals surface area (Å²) in [6.45, 7) is 8.47. The first-order valence-electron chi connectivity index (χ1n) is 5.83. The fraction of sp³-hybridized carbons (Fsp3) is 0.917. The molecule has 0 aliphatic rings. The van der Waals surface area contributed by atoms with E-state index in [0.717, 1.165) is 6.42 Å². The Balaban J connectivity index is 4.10. The fourth-order valence-electron chi connectivity index (χ4n) is 1.60. The minimum absolute atomic E-state index is 0.155. The van der Waals surface area contributed by atoms with Gasteiger partial charge in [-0.05, 0) is 47.1 Å². The largest absolute Gasteiger partial charge is 0.480 e. The van der Waals surface area contributed by atoms with Gasteiger partial charge in [0.25, 0.3) is 0 Å². The van der Waals surface area contributed by atoms with Gasteiger partial charge in [0.1, 0.15) is 5.54 Å². The molecule has 16 heavy (non-hydrogen) atoms. The summed E-state index contributed by atoms with van der Waals surface area (Å²) in [7, 11) is 1.70. The van der Waals surface area contributed by atoms with Crippen molar-refractivity contribution < 1.29 is 14.6 Å². The highest BCUT2D eigenvalue weighted by molar-refractivity contribution is 5.78. The lowest BCUT2D eigenvalue weighted by atomic mass is 9.91. The molecule has 0 aromatic heterocycles. The van der Waals surface area contributed by atoms with E-state index in [-0.39, 0.29) is 5.60 Å². The Kier molecular flexibility index (Phi) is 5.97. The third kappa shape index (κ3) is 4.94. The summed E-state index contributed by atoms with van der Waals surface area (Å²) in [5.41, 5.74) is -0.959. The van der Waals surface area contributed by atoms with E-state index in [0.29, 0.717) is 19.4 Å². The number of hydrogen-bond acceptors (Lipinski definition) is 3. The molecule has 0 amide bonds. The van der Waals surface area contributed by atoms with Gasteiger partial charge in [-0.2, -0.15) is 0 Å². The lowest BCUT2D eigenvalue weighted by Gasteiger charge is -2.28. The number of aliphatic carboxylic acids is 1. The number of carbonyl (C=O) groups is 1. The SMILES string of the molecule is CCC(CCCOC(C)(C)C)(NC)C(=O)O. The van der Waals surface area contributed by atoms with Crippen LogP contribution in [0.15, 0.2) is 0 Å². The van der Waals surface area contributed by atoms with Gasteiger partial charge in [0.15, 0.2) is 0 Å². The summed E-state index contributed by atoms with van der Waals surface area (Å²) in [6.07, 6.45) is 1.91. The van der Waals surface area contributed by atoms with E-state index in [1.807, 2.05) is 27.7 Å². The Morgan fingerprint density at radius 3 is 2.25 bits per heavy atom. The van der Waals surface area contributed by atoms with Crippen LogP contribution in [0.25, 0.3) is 0 Å². The third-order valence-corrected chi connectivity index (χ3v) is 2.77. The lowest BCUT2D eigenvalue weighted by molar-refractivity contribution is -0.145. The molecule has 0 saturated heterocycles. The lowest BCUT2D eigenvalue weighted by Crippen LogP contribution is -2.50. The number of rotatable bonds is 7. The average molecular weight is 231 g/mol. The van der Waals surface area contributed by atoms with Crippen molar-refractivity contribution in [2.45, 2.75) is 58.1 Å². The van der Waals surface area contributed by atoms with Crippen molar-refractivity contribution >= 4 is 5.97 Å². The summed E-state index contributed by atoms with van der Waals surface area (Å²) in [5.74, 6) is -0.784. The number of ether oxygens (including phenoxy) is 1. The zero-order valence-corrected chi connectivity index (χ0v) is 11.1. The van der Waals surface area contributed by atoms with Gasteiger partial charge in [-0.1, -0.05) is 6.92 Å². The quantitative estimate of drug-likeness (QED) is 0.658. The highest BCUT2D eigenvalue weighted by Gasteiger charge is 2.34. The van der Waals surface area contributed by atoms with E-state index >= 15 is 0 Å². The minimum Gasteiger partial charge on any atom is -0.480 e. The second-order valence-electron chi connectivity index (χ2n) is 5.06. The number of hydrogen-bond donors (Lipinski definition) is 2. The Morgan fingerprint density at radius 1 is 1.38 bits per heavy atom. The molecule has 0 heterocycles. The van der Waals surface area contributed by atoms with Crippen LogP contribution in [0.3, 0.4) is 0 Å². The second-order valence-corrected chi connectivity index (χ2v) is 5.06. The summed E-state index contributed by atoms with van der Waals surface area (Å²) in [4.78, 5) is 11.2. The van der Waals surface area contributed by atoms with Crippen molar-refractivity contribution in [1.82, 2.24) is 5.32 Å². The molecule has 1 atom stereocenters. The van der Waals surface area contributed by atoms with E-state index in [2.05, 4.69) is 5.32 Å². The van der Waals surface area contributed by atoms with Gasteiger partial charge in [-0.3, -0.25) is 4.79 Å². The van der Waals surface area contributed by atoms with E-state index < -0.39 is 11.5 Å². The summed E-state index contributed by atoms with van der Waals surface area (Å²) >= 11 is 0. The first-order chi connectivity index (χ1) is 7.27. The predicted molar refractivity (Wildman–Crippen MR) is 64.7 cm³/mol. The normalized spacial score (nSPS) is 15.8. The van der Waals surface area contributed by atoms with Gasteiger partial charge < -0.3 is 15.2 Å². The molecule has 0 aliphatic heterocycles. The van der Waals surface area contributed by atoms with Crippen molar-refractivity contribution in [3.05, 3.63) is 0 Å². The molecular formula is C12H25NO3. The molecule has 0 aromatic carbocycles. The Hall–Kier alpha value is -0.610. The third-order valence-electron chi connectivity index (χ3n) is 2.77. The standard InChI is InChI=1S/C12H25NO3/c1-6-12(13-5,10(14)15)8-7-9-16-11(2,3)4/h13H,6-9H2,1-5H3,(H,14,15). The van der Waals surface area contributed by atoms with Crippen LogP contribution < -0.4 is 5.32 Å². The number of carboxylic acid groups (broad SMARTS) is 1. The Labute approximate surface area is 98.4 Å². The summed E-state index contributed by atoms with van der Waals surface area (Å²) in [6, 6.07) is 0. The number of likely N-dealkylation sites (N-methyl/N-ethyl adjacent to an activating group) is 1. The summed E-state index contributed by atoms with van der Waals surface area (Å²) in [5, 5.41) is 12.1. The van der Waals surface area contributed by atoms with Crippen molar-refractivity contribution in [1.29, 1.82) is 0 Å². The van der Waals surface area contributed by atoms with Gasteiger partial charge in [0, 0.05) is 6.61 Å². The number of carboxylic acids is 1. The van der Waals surface area contributed by atoms with Gasteiger partial charge in [-0.25, -0.2) is 0 Å². The van der Waals surface area contributed by atoms with Crippen LogP contribution in [0, 0.1) is 0 Å². The molecule has 1 unspecified atom stereocenters. The molecule has 4 nitrogen and oxygen atoms in total.